The summed E-state index contributed by atoms with van der Waals surface area (Å²) in [6.07, 6.45) is 1.59. The van der Waals surface area contributed by atoms with E-state index in [2.05, 4.69) is 10.3 Å². The van der Waals surface area contributed by atoms with Crippen molar-refractivity contribution in [1.29, 1.82) is 0 Å². The van der Waals surface area contributed by atoms with Crippen LogP contribution in [0.25, 0.3) is 0 Å². The van der Waals surface area contributed by atoms with Crippen LogP contribution in [0.5, 0.6) is 5.75 Å². The van der Waals surface area contributed by atoms with Gasteiger partial charge in [-0.15, -0.1) is 0 Å². The molecule has 1 amide bonds. The molecule has 1 heterocycles. The van der Waals surface area contributed by atoms with Crippen molar-refractivity contribution >= 4 is 17.6 Å². The van der Waals surface area contributed by atoms with Crippen molar-refractivity contribution in [1.82, 2.24) is 4.98 Å². The standard InChI is InChI=1S/C12H10N2O4/c15-7-3-4-9(8(6-7)12(17)18)14-11(16)10-2-1-5-13-10/h1-6,13,15H,(H,14,16)(H,17,18). The number of aromatic amines is 1. The number of H-pyrrole nitrogens is 1. The molecule has 4 N–H and O–H groups in total. The van der Waals surface area contributed by atoms with Crippen LogP contribution in [0.2, 0.25) is 0 Å². The lowest BCUT2D eigenvalue weighted by molar-refractivity contribution is 0.0697. The van der Waals surface area contributed by atoms with Crippen LogP contribution >= 0.6 is 0 Å². The zero-order chi connectivity index (χ0) is 13.1. The van der Waals surface area contributed by atoms with Gasteiger partial charge in [0.2, 0.25) is 0 Å². The number of carboxylic acids is 1. The van der Waals surface area contributed by atoms with E-state index >= 15 is 0 Å². The van der Waals surface area contributed by atoms with E-state index in [9.17, 15) is 14.7 Å². The predicted molar refractivity (Wildman–Crippen MR) is 63.8 cm³/mol. The van der Waals surface area contributed by atoms with Gasteiger partial charge in [-0.25, -0.2) is 4.79 Å². The molecular weight excluding hydrogens is 236 g/mol. The Morgan fingerprint density at radius 3 is 2.61 bits per heavy atom. The highest BCUT2D eigenvalue weighted by Crippen LogP contribution is 2.21. The molecule has 0 aliphatic carbocycles. The molecule has 0 saturated carbocycles. The van der Waals surface area contributed by atoms with Crippen molar-refractivity contribution in [3.05, 3.63) is 47.8 Å². The van der Waals surface area contributed by atoms with Crippen LogP contribution in [0.1, 0.15) is 20.8 Å². The van der Waals surface area contributed by atoms with E-state index in [0.717, 1.165) is 6.07 Å². The first-order valence-electron chi connectivity index (χ1n) is 5.09. The van der Waals surface area contributed by atoms with Gasteiger partial charge in [-0.1, -0.05) is 0 Å². The second-order valence-electron chi connectivity index (χ2n) is 3.57. The highest BCUT2D eigenvalue weighted by Gasteiger charge is 2.14. The number of anilines is 1. The Labute approximate surface area is 102 Å². The molecule has 0 saturated heterocycles. The Bertz CT molecular complexity index is 590. The monoisotopic (exact) mass is 246 g/mol. The minimum absolute atomic E-state index is 0.125. The molecule has 1 aromatic heterocycles. The van der Waals surface area contributed by atoms with Gasteiger partial charge in [0.25, 0.3) is 5.91 Å². The van der Waals surface area contributed by atoms with Gasteiger partial charge >= 0.3 is 5.97 Å². The second kappa shape index (κ2) is 4.62. The number of hydrogen-bond acceptors (Lipinski definition) is 3. The molecule has 1 aromatic carbocycles. The van der Waals surface area contributed by atoms with E-state index in [0.29, 0.717) is 5.69 Å². The van der Waals surface area contributed by atoms with Gasteiger partial charge in [-0.3, -0.25) is 4.79 Å². The third-order valence-electron chi connectivity index (χ3n) is 2.32. The number of nitrogens with one attached hydrogen (secondary N) is 2. The number of amides is 1. The van der Waals surface area contributed by atoms with E-state index in [1.54, 1.807) is 18.3 Å². The lowest BCUT2D eigenvalue weighted by Gasteiger charge is -2.07. The van der Waals surface area contributed by atoms with Gasteiger partial charge in [0.05, 0.1) is 11.3 Å². The Morgan fingerprint density at radius 2 is 2.00 bits per heavy atom. The average molecular weight is 246 g/mol. The smallest absolute Gasteiger partial charge is 0.337 e. The van der Waals surface area contributed by atoms with E-state index < -0.39 is 11.9 Å². The van der Waals surface area contributed by atoms with Crippen LogP contribution in [0.15, 0.2) is 36.5 Å². The number of aromatic hydroxyl groups is 1. The summed E-state index contributed by atoms with van der Waals surface area (Å²) in [7, 11) is 0. The molecular formula is C12H10N2O4. The Morgan fingerprint density at radius 1 is 1.22 bits per heavy atom. The summed E-state index contributed by atoms with van der Waals surface area (Å²) in [5, 5.41) is 20.6. The molecule has 0 spiro atoms. The molecule has 2 rings (SSSR count). The number of phenolic OH excluding ortho intramolecular Hbond substituents is 1. The average Bonchev–Trinajstić information content (AvgIpc) is 2.84. The zero-order valence-corrected chi connectivity index (χ0v) is 9.18. The molecule has 6 heteroatoms. The molecule has 92 valence electrons. The lowest BCUT2D eigenvalue weighted by atomic mass is 10.1. The van der Waals surface area contributed by atoms with Crippen molar-refractivity contribution in [2.45, 2.75) is 0 Å². The maximum absolute atomic E-state index is 11.7. The largest absolute Gasteiger partial charge is 0.508 e. The van der Waals surface area contributed by atoms with Crippen molar-refractivity contribution in [2.75, 3.05) is 5.32 Å². The van der Waals surface area contributed by atoms with Crippen LogP contribution in [-0.4, -0.2) is 27.1 Å². The van der Waals surface area contributed by atoms with Crippen molar-refractivity contribution in [3.63, 3.8) is 0 Å². The third-order valence-corrected chi connectivity index (χ3v) is 2.32. The maximum atomic E-state index is 11.7. The van der Waals surface area contributed by atoms with Crippen LogP contribution in [0.4, 0.5) is 5.69 Å². The van der Waals surface area contributed by atoms with Crippen molar-refractivity contribution < 1.29 is 19.8 Å². The normalized spacial score (nSPS) is 10.0. The van der Waals surface area contributed by atoms with Gasteiger partial charge in [-0.2, -0.15) is 0 Å². The van der Waals surface area contributed by atoms with E-state index in [1.165, 1.54) is 12.1 Å². The van der Waals surface area contributed by atoms with Gasteiger partial charge < -0.3 is 20.5 Å². The summed E-state index contributed by atoms with van der Waals surface area (Å²) in [5.41, 5.74) is 0.272. The summed E-state index contributed by atoms with van der Waals surface area (Å²) in [4.78, 5) is 25.4. The van der Waals surface area contributed by atoms with Crippen LogP contribution < -0.4 is 5.32 Å². The first kappa shape index (κ1) is 11.7. The molecule has 0 fully saturated rings. The highest BCUT2D eigenvalue weighted by atomic mass is 16.4. The fourth-order valence-corrected chi connectivity index (χ4v) is 1.48. The number of hydrogen-bond donors (Lipinski definition) is 4. The summed E-state index contributed by atoms with van der Waals surface area (Å²) in [6.45, 7) is 0. The number of aromatic carboxylic acids is 1. The fourth-order valence-electron chi connectivity index (χ4n) is 1.48. The molecule has 0 aliphatic rings. The minimum Gasteiger partial charge on any atom is -0.508 e. The minimum atomic E-state index is -1.23. The number of carbonyl (C=O) groups excluding carboxylic acids is 1. The molecule has 0 radical (unpaired) electrons. The van der Waals surface area contributed by atoms with Gasteiger partial charge in [-0.05, 0) is 30.3 Å². The molecule has 0 unspecified atom stereocenters. The van der Waals surface area contributed by atoms with Crippen molar-refractivity contribution in [3.8, 4) is 5.75 Å². The van der Waals surface area contributed by atoms with Crippen LogP contribution in [0.3, 0.4) is 0 Å². The van der Waals surface area contributed by atoms with Crippen LogP contribution in [-0.2, 0) is 0 Å². The Hall–Kier alpha value is -2.76. The summed E-state index contributed by atoms with van der Waals surface area (Å²) in [5.74, 6) is -1.86. The van der Waals surface area contributed by atoms with E-state index in [1.807, 2.05) is 0 Å². The molecule has 0 bridgehead atoms. The molecule has 2 aromatic rings. The Balaban J connectivity index is 2.29. The van der Waals surface area contributed by atoms with Gasteiger partial charge in [0.1, 0.15) is 11.4 Å². The lowest BCUT2D eigenvalue weighted by Crippen LogP contribution is -2.15. The maximum Gasteiger partial charge on any atom is 0.337 e. The molecule has 18 heavy (non-hydrogen) atoms. The van der Waals surface area contributed by atoms with Gasteiger partial charge in [0, 0.05) is 6.20 Å². The number of phenols is 1. The first-order chi connectivity index (χ1) is 8.58. The van der Waals surface area contributed by atoms with Crippen molar-refractivity contribution in [2.24, 2.45) is 0 Å². The summed E-state index contributed by atoms with van der Waals surface area (Å²) < 4.78 is 0. The topological polar surface area (TPSA) is 102 Å². The zero-order valence-electron chi connectivity index (χ0n) is 9.18. The molecule has 0 atom stereocenters. The summed E-state index contributed by atoms with van der Waals surface area (Å²) >= 11 is 0. The number of carboxylic acid groups (broad SMARTS) is 1. The summed E-state index contributed by atoms with van der Waals surface area (Å²) in [6, 6.07) is 6.93. The van der Waals surface area contributed by atoms with Gasteiger partial charge in [0.15, 0.2) is 0 Å². The highest BCUT2D eigenvalue weighted by molar-refractivity contribution is 6.06. The molecule has 0 aliphatic heterocycles. The van der Waals surface area contributed by atoms with Crippen LogP contribution in [0, 0.1) is 0 Å². The number of rotatable bonds is 3. The predicted octanol–water partition coefficient (Wildman–Crippen LogP) is 1.67. The third kappa shape index (κ3) is 2.32. The van der Waals surface area contributed by atoms with E-state index in [-0.39, 0.29) is 17.0 Å². The van der Waals surface area contributed by atoms with E-state index in [4.69, 9.17) is 5.11 Å². The Kier molecular flexibility index (Phi) is 3.01. The molecule has 6 nitrogen and oxygen atoms in total. The number of carbonyl (C=O) groups is 2. The fraction of sp³-hybridized carbons (Fsp3) is 0. The quantitative estimate of drug-likeness (QED) is 0.618. The number of benzene rings is 1. The SMILES string of the molecule is O=C(Nc1ccc(O)cc1C(=O)O)c1ccc[nH]1. The number of aromatic nitrogens is 1. The first-order valence-corrected chi connectivity index (χ1v) is 5.09. The second-order valence-corrected chi connectivity index (χ2v) is 3.57.